The molecule has 2 amide bonds. The van der Waals surface area contributed by atoms with Gasteiger partial charge in [0.2, 0.25) is 11.8 Å². The minimum absolute atomic E-state index is 0.0681. The average molecular weight is 397 g/mol. The summed E-state index contributed by atoms with van der Waals surface area (Å²) in [5.74, 6) is -0.162. The molecule has 1 heterocycles. The van der Waals surface area contributed by atoms with E-state index in [0.717, 1.165) is 23.4 Å². The van der Waals surface area contributed by atoms with Gasteiger partial charge < -0.3 is 10.6 Å². The molecule has 3 aromatic carbocycles. The fraction of sp³-hybridized carbons (Fsp3) is 0.160. The summed E-state index contributed by atoms with van der Waals surface area (Å²) in [6, 6.07) is 24.8. The van der Waals surface area contributed by atoms with Gasteiger partial charge in [0.05, 0.1) is 12.1 Å². The highest BCUT2D eigenvalue weighted by atomic mass is 16.2. The second kappa shape index (κ2) is 9.18. The van der Waals surface area contributed by atoms with Crippen molar-refractivity contribution >= 4 is 34.6 Å². The Morgan fingerprint density at radius 3 is 2.27 bits per heavy atom. The highest BCUT2D eigenvalue weighted by Gasteiger charge is 2.15. The van der Waals surface area contributed by atoms with E-state index in [4.69, 9.17) is 0 Å². The van der Waals surface area contributed by atoms with Crippen LogP contribution in [0.25, 0.3) is 0 Å². The topological polar surface area (TPSA) is 70.6 Å². The van der Waals surface area contributed by atoms with Crippen LogP contribution in [-0.4, -0.2) is 17.5 Å². The first-order valence-corrected chi connectivity index (χ1v) is 10.0. The third-order valence-corrected chi connectivity index (χ3v) is 4.94. The van der Waals surface area contributed by atoms with Crippen molar-refractivity contribution in [1.82, 2.24) is 0 Å². The molecule has 5 nitrogen and oxygen atoms in total. The zero-order chi connectivity index (χ0) is 20.8. The van der Waals surface area contributed by atoms with Crippen molar-refractivity contribution in [2.45, 2.75) is 25.7 Å². The number of benzene rings is 3. The third-order valence-electron chi connectivity index (χ3n) is 4.94. The van der Waals surface area contributed by atoms with Crippen molar-refractivity contribution in [3.05, 3.63) is 90.0 Å². The lowest BCUT2D eigenvalue weighted by atomic mass is 10.1. The van der Waals surface area contributed by atoms with Gasteiger partial charge in [-0.1, -0.05) is 54.6 Å². The van der Waals surface area contributed by atoms with E-state index >= 15 is 0 Å². The molecule has 0 fully saturated rings. The lowest BCUT2D eigenvalue weighted by molar-refractivity contribution is -0.116. The van der Waals surface area contributed by atoms with Crippen LogP contribution in [0.1, 0.15) is 24.0 Å². The van der Waals surface area contributed by atoms with Crippen molar-refractivity contribution in [3.63, 3.8) is 0 Å². The Hall–Kier alpha value is -3.73. The van der Waals surface area contributed by atoms with E-state index in [1.165, 1.54) is 5.56 Å². The highest BCUT2D eigenvalue weighted by molar-refractivity contribution is 5.99. The van der Waals surface area contributed by atoms with E-state index in [9.17, 15) is 9.59 Å². The number of nitrogens with zero attached hydrogens (tertiary/aromatic N) is 1. The Bertz CT molecular complexity index is 1090. The predicted molar refractivity (Wildman–Crippen MR) is 120 cm³/mol. The average Bonchev–Trinajstić information content (AvgIpc) is 3.16. The molecule has 150 valence electrons. The van der Waals surface area contributed by atoms with E-state index in [1.807, 2.05) is 66.7 Å². The quantitative estimate of drug-likeness (QED) is 0.594. The van der Waals surface area contributed by atoms with Crippen LogP contribution >= 0.6 is 0 Å². The zero-order valence-corrected chi connectivity index (χ0v) is 16.6. The Labute approximate surface area is 175 Å². The molecule has 4 rings (SSSR count). The van der Waals surface area contributed by atoms with Crippen LogP contribution in [0.5, 0.6) is 0 Å². The molecular weight excluding hydrogens is 374 g/mol. The molecule has 30 heavy (non-hydrogen) atoms. The minimum atomic E-state index is -0.0940. The summed E-state index contributed by atoms with van der Waals surface area (Å²) in [6.45, 7) is 0. The Kier molecular flexibility index (Phi) is 5.99. The lowest BCUT2D eigenvalue weighted by Gasteiger charge is -2.09. The van der Waals surface area contributed by atoms with E-state index in [-0.39, 0.29) is 11.8 Å². The molecule has 1 aliphatic heterocycles. The third kappa shape index (κ3) is 5.20. The summed E-state index contributed by atoms with van der Waals surface area (Å²) >= 11 is 0. The highest BCUT2D eigenvalue weighted by Crippen LogP contribution is 2.27. The number of carbonyl (C=O) groups excluding carboxylic acids is 2. The van der Waals surface area contributed by atoms with Crippen molar-refractivity contribution in [2.75, 3.05) is 10.6 Å². The van der Waals surface area contributed by atoms with Gasteiger partial charge in [-0.25, -0.2) is 0 Å². The first-order chi connectivity index (χ1) is 14.7. The number of nitrogens with one attached hydrogen (secondary N) is 2. The molecule has 0 saturated carbocycles. The van der Waals surface area contributed by atoms with Crippen LogP contribution in [0.4, 0.5) is 17.1 Å². The second-order valence-corrected chi connectivity index (χ2v) is 7.32. The van der Waals surface area contributed by atoms with E-state index in [0.29, 0.717) is 30.6 Å². The SMILES string of the molecule is O=C(CCC1=Nc2ccccc2C1)Nc1cccc(NC(=O)Cc2ccccc2)c1. The number of amides is 2. The molecule has 2 N–H and O–H groups in total. The van der Waals surface area contributed by atoms with Gasteiger partial charge in [-0.15, -0.1) is 0 Å². The van der Waals surface area contributed by atoms with Gasteiger partial charge in [-0.3, -0.25) is 14.6 Å². The van der Waals surface area contributed by atoms with Crippen LogP contribution < -0.4 is 10.6 Å². The summed E-state index contributed by atoms with van der Waals surface area (Å²) in [5.41, 5.74) is 5.53. The molecular formula is C25H23N3O2. The molecule has 0 aliphatic carbocycles. The summed E-state index contributed by atoms with van der Waals surface area (Å²) < 4.78 is 0. The minimum Gasteiger partial charge on any atom is -0.326 e. The predicted octanol–water partition coefficient (Wildman–Crippen LogP) is 4.92. The molecule has 0 spiro atoms. The largest absolute Gasteiger partial charge is 0.326 e. The fourth-order valence-electron chi connectivity index (χ4n) is 3.49. The summed E-state index contributed by atoms with van der Waals surface area (Å²) in [4.78, 5) is 29.2. The van der Waals surface area contributed by atoms with E-state index in [2.05, 4.69) is 21.7 Å². The van der Waals surface area contributed by atoms with Crippen molar-refractivity contribution in [3.8, 4) is 0 Å². The second-order valence-electron chi connectivity index (χ2n) is 7.32. The molecule has 5 heteroatoms. The Morgan fingerprint density at radius 1 is 0.800 bits per heavy atom. The molecule has 0 radical (unpaired) electrons. The van der Waals surface area contributed by atoms with Gasteiger partial charge in [0, 0.05) is 29.9 Å². The number of para-hydroxylation sites is 1. The maximum absolute atomic E-state index is 12.4. The van der Waals surface area contributed by atoms with E-state index < -0.39 is 0 Å². The van der Waals surface area contributed by atoms with Crippen molar-refractivity contribution in [2.24, 2.45) is 4.99 Å². The van der Waals surface area contributed by atoms with Gasteiger partial charge in [0.1, 0.15) is 0 Å². The summed E-state index contributed by atoms with van der Waals surface area (Å²) in [6.07, 6.45) is 2.12. The number of hydrogen-bond donors (Lipinski definition) is 2. The van der Waals surface area contributed by atoms with Gasteiger partial charge in [-0.2, -0.15) is 0 Å². The molecule has 0 saturated heterocycles. The van der Waals surface area contributed by atoms with Gasteiger partial charge in [-0.05, 0) is 41.8 Å². The molecule has 0 aromatic heterocycles. The number of rotatable bonds is 7. The van der Waals surface area contributed by atoms with Crippen LogP contribution in [0.3, 0.4) is 0 Å². The van der Waals surface area contributed by atoms with Crippen LogP contribution in [0, 0.1) is 0 Å². The number of carbonyl (C=O) groups is 2. The van der Waals surface area contributed by atoms with E-state index in [1.54, 1.807) is 6.07 Å². The van der Waals surface area contributed by atoms with Crippen LogP contribution in [0.2, 0.25) is 0 Å². The zero-order valence-electron chi connectivity index (χ0n) is 16.6. The summed E-state index contributed by atoms with van der Waals surface area (Å²) in [7, 11) is 0. The first kappa shape index (κ1) is 19.6. The maximum Gasteiger partial charge on any atom is 0.228 e. The smallest absolute Gasteiger partial charge is 0.228 e. The van der Waals surface area contributed by atoms with Crippen molar-refractivity contribution in [1.29, 1.82) is 0 Å². The number of aliphatic imine (C=N–C) groups is 1. The number of fused-ring (bicyclic) bond motifs is 1. The lowest BCUT2D eigenvalue weighted by Crippen LogP contribution is -2.15. The van der Waals surface area contributed by atoms with Crippen LogP contribution in [-0.2, 0) is 22.4 Å². The van der Waals surface area contributed by atoms with Gasteiger partial charge in [0.25, 0.3) is 0 Å². The maximum atomic E-state index is 12.4. The Balaban J connectivity index is 1.28. The van der Waals surface area contributed by atoms with Gasteiger partial charge >= 0.3 is 0 Å². The standard InChI is InChI=1S/C25H23N3O2/c29-24(14-13-22-16-19-9-4-5-12-23(19)26-22)27-20-10-6-11-21(17-20)28-25(30)15-18-7-2-1-3-8-18/h1-12,17H,13-16H2,(H,27,29)(H,28,30). The van der Waals surface area contributed by atoms with Crippen LogP contribution in [0.15, 0.2) is 83.9 Å². The first-order valence-electron chi connectivity index (χ1n) is 10.0. The molecule has 1 aliphatic rings. The monoisotopic (exact) mass is 397 g/mol. The summed E-state index contributed by atoms with van der Waals surface area (Å²) in [5, 5.41) is 5.79. The number of hydrogen-bond acceptors (Lipinski definition) is 3. The molecule has 3 aromatic rings. The Morgan fingerprint density at radius 2 is 1.50 bits per heavy atom. The van der Waals surface area contributed by atoms with Gasteiger partial charge in [0.15, 0.2) is 0 Å². The fourth-order valence-corrected chi connectivity index (χ4v) is 3.49. The molecule has 0 unspecified atom stereocenters. The van der Waals surface area contributed by atoms with Crippen molar-refractivity contribution < 1.29 is 9.59 Å². The molecule has 0 bridgehead atoms. The number of anilines is 2. The molecule has 0 atom stereocenters. The normalized spacial score (nSPS) is 12.1.